The molecule has 0 fully saturated rings. The molecule has 158 valence electrons. The molecule has 1 aliphatic heterocycles. The van der Waals surface area contributed by atoms with Gasteiger partial charge in [0.1, 0.15) is 23.3 Å². The SMILES string of the molecule is COc1ccc(OCC(=O)N2N=C(c3ccc(C)cc3)C[C@H]2c2ccco2)c(C=O)c1. The number of amides is 1. The van der Waals surface area contributed by atoms with Crippen molar-refractivity contribution in [1.82, 2.24) is 5.01 Å². The fourth-order valence-corrected chi connectivity index (χ4v) is 3.45. The van der Waals surface area contributed by atoms with Gasteiger partial charge in [0.05, 0.1) is 24.6 Å². The lowest BCUT2D eigenvalue weighted by Crippen LogP contribution is -2.31. The summed E-state index contributed by atoms with van der Waals surface area (Å²) in [6.45, 7) is 1.75. The maximum Gasteiger partial charge on any atom is 0.281 e. The monoisotopic (exact) mass is 418 g/mol. The second kappa shape index (κ2) is 8.87. The van der Waals surface area contributed by atoms with Crippen LogP contribution in [0.5, 0.6) is 11.5 Å². The third-order valence-electron chi connectivity index (χ3n) is 5.12. The molecular formula is C24H22N2O5. The van der Waals surface area contributed by atoms with Crippen molar-refractivity contribution in [1.29, 1.82) is 0 Å². The van der Waals surface area contributed by atoms with Crippen LogP contribution in [0.15, 0.2) is 70.4 Å². The van der Waals surface area contributed by atoms with E-state index in [0.717, 1.165) is 16.8 Å². The van der Waals surface area contributed by atoms with Crippen molar-refractivity contribution in [2.45, 2.75) is 19.4 Å². The first-order valence-electron chi connectivity index (χ1n) is 9.85. The molecule has 0 aliphatic carbocycles. The number of carbonyl (C=O) groups excluding carboxylic acids is 2. The molecule has 0 radical (unpaired) electrons. The van der Waals surface area contributed by atoms with E-state index >= 15 is 0 Å². The van der Waals surface area contributed by atoms with Gasteiger partial charge in [0, 0.05) is 6.42 Å². The predicted molar refractivity (Wildman–Crippen MR) is 115 cm³/mol. The van der Waals surface area contributed by atoms with Crippen LogP contribution in [0.4, 0.5) is 0 Å². The molecule has 1 aromatic heterocycles. The number of nitrogens with zero attached hydrogens (tertiary/aromatic N) is 2. The molecular weight excluding hydrogens is 396 g/mol. The number of methoxy groups -OCH3 is 1. The molecule has 2 heterocycles. The molecule has 1 atom stereocenters. The van der Waals surface area contributed by atoms with E-state index < -0.39 is 0 Å². The van der Waals surface area contributed by atoms with E-state index in [9.17, 15) is 9.59 Å². The molecule has 1 aliphatic rings. The van der Waals surface area contributed by atoms with Gasteiger partial charge in [0.2, 0.25) is 0 Å². The minimum absolute atomic E-state index is 0.269. The molecule has 0 unspecified atom stereocenters. The summed E-state index contributed by atoms with van der Waals surface area (Å²) in [5.41, 5.74) is 3.21. The van der Waals surface area contributed by atoms with Crippen LogP contribution in [0, 0.1) is 6.92 Å². The van der Waals surface area contributed by atoms with Crippen molar-refractivity contribution >= 4 is 17.9 Å². The quantitative estimate of drug-likeness (QED) is 0.538. The van der Waals surface area contributed by atoms with Crippen molar-refractivity contribution < 1.29 is 23.5 Å². The highest BCUT2D eigenvalue weighted by atomic mass is 16.5. The van der Waals surface area contributed by atoms with E-state index in [0.29, 0.717) is 35.5 Å². The van der Waals surface area contributed by atoms with Gasteiger partial charge >= 0.3 is 0 Å². The molecule has 3 aromatic rings. The van der Waals surface area contributed by atoms with Gasteiger partial charge in [0.25, 0.3) is 5.91 Å². The van der Waals surface area contributed by atoms with Crippen molar-refractivity contribution in [3.05, 3.63) is 83.3 Å². The molecule has 4 rings (SSSR count). The fourth-order valence-electron chi connectivity index (χ4n) is 3.45. The van der Waals surface area contributed by atoms with Gasteiger partial charge in [-0.25, -0.2) is 5.01 Å². The summed E-state index contributed by atoms with van der Waals surface area (Å²) in [7, 11) is 1.51. The van der Waals surface area contributed by atoms with Crippen LogP contribution in [0.25, 0.3) is 0 Å². The zero-order chi connectivity index (χ0) is 21.8. The number of hydrazone groups is 1. The normalized spacial score (nSPS) is 15.5. The van der Waals surface area contributed by atoms with Crippen LogP contribution in [0.1, 0.15) is 39.7 Å². The lowest BCUT2D eigenvalue weighted by Gasteiger charge is -2.20. The summed E-state index contributed by atoms with van der Waals surface area (Å²) >= 11 is 0. The Balaban J connectivity index is 1.55. The first-order chi connectivity index (χ1) is 15.1. The minimum Gasteiger partial charge on any atom is -0.497 e. The third-order valence-corrected chi connectivity index (χ3v) is 5.12. The van der Waals surface area contributed by atoms with Gasteiger partial charge in [-0.15, -0.1) is 0 Å². The minimum atomic E-state index is -0.358. The number of hydrogen-bond acceptors (Lipinski definition) is 6. The number of furan rings is 1. The Morgan fingerprint density at radius 2 is 2.03 bits per heavy atom. The van der Waals surface area contributed by atoms with Crippen LogP contribution in [0.3, 0.4) is 0 Å². The Hall–Kier alpha value is -3.87. The topological polar surface area (TPSA) is 81.3 Å². The molecule has 0 saturated heterocycles. The number of ether oxygens (including phenoxy) is 2. The van der Waals surface area contributed by atoms with E-state index in [2.05, 4.69) is 5.10 Å². The highest BCUT2D eigenvalue weighted by molar-refractivity contribution is 6.03. The standard InChI is InChI=1S/C24H22N2O5/c1-16-5-7-17(8-6-16)20-13-21(23-4-3-11-30-23)26(25-20)24(28)15-31-22-10-9-19(29-2)12-18(22)14-27/h3-12,14,21H,13,15H2,1-2H3/t21-/m0/s1. The van der Waals surface area contributed by atoms with E-state index in [1.54, 1.807) is 30.5 Å². The zero-order valence-corrected chi connectivity index (χ0v) is 17.3. The van der Waals surface area contributed by atoms with Gasteiger partial charge in [0.15, 0.2) is 12.9 Å². The summed E-state index contributed by atoms with van der Waals surface area (Å²) in [6.07, 6.45) is 2.77. The van der Waals surface area contributed by atoms with Crippen LogP contribution in [0.2, 0.25) is 0 Å². The molecule has 7 heteroatoms. The van der Waals surface area contributed by atoms with Crippen LogP contribution < -0.4 is 9.47 Å². The highest BCUT2D eigenvalue weighted by Crippen LogP contribution is 2.33. The van der Waals surface area contributed by atoms with E-state index in [-0.39, 0.29) is 18.6 Å². The molecule has 31 heavy (non-hydrogen) atoms. The van der Waals surface area contributed by atoms with Crippen LogP contribution >= 0.6 is 0 Å². The average Bonchev–Trinajstić information content (AvgIpc) is 3.48. The molecule has 0 spiro atoms. The van der Waals surface area contributed by atoms with Gasteiger partial charge in [-0.2, -0.15) is 5.10 Å². The maximum atomic E-state index is 13.0. The molecule has 7 nitrogen and oxygen atoms in total. The van der Waals surface area contributed by atoms with Crippen LogP contribution in [-0.2, 0) is 4.79 Å². The molecule has 1 amide bonds. The van der Waals surface area contributed by atoms with E-state index in [1.165, 1.54) is 12.1 Å². The third kappa shape index (κ3) is 4.35. The number of hydrogen-bond donors (Lipinski definition) is 0. The largest absolute Gasteiger partial charge is 0.497 e. The molecule has 0 bridgehead atoms. The summed E-state index contributed by atoms with van der Waals surface area (Å²) in [6, 6.07) is 16.1. The average molecular weight is 418 g/mol. The van der Waals surface area contributed by atoms with Crippen molar-refractivity contribution in [3.63, 3.8) is 0 Å². The first kappa shape index (κ1) is 20.4. The Labute approximate surface area is 179 Å². The van der Waals surface area contributed by atoms with Gasteiger partial charge in [-0.3, -0.25) is 9.59 Å². The molecule has 2 aromatic carbocycles. The van der Waals surface area contributed by atoms with E-state index in [4.69, 9.17) is 13.9 Å². The zero-order valence-electron chi connectivity index (χ0n) is 17.3. The smallest absolute Gasteiger partial charge is 0.281 e. The summed E-state index contributed by atoms with van der Waals surface area (Å²) in [4.78, 5) is 24.4. The summed E-state index contributed by atoms with van der Waals surface area (Å²) < 4.78 is 16.3. The second-order valence-electron chi connectivity index (χ2n) is 7.20. The lowest BCUT2D eigenvalue weighted by molar-refractivity contribution is -0.135. The number of carbonyl (C=O) groups is 2. The Morgan fingerprint density at radius 1 is 1.23 bits per heavy atom. The van der Waals surface area contributed by atoms with Crippen molar-refractivity contribution in [2.75, 3.05) is 13.7 Å². The van der Waals surface area contributed by atoms with Crippen LogP contribution in [-0.4, -0.2) is 36.6 Å². The van der Waals surface area contributed by atoms with Crippen molar-refractivity contribution in [2.24, 2.45) is 5.10 Å². The predicted octanol–water partition coefficient (Wildman–Crippen LogP) is 4.17. The Bertz CT molecular complexity index is 1100. The van der Waals surface area contributed by atoms with Crippen molar-refractivity contribution in [3.8, 4) is 11.5 Å². The molecule has 0 saturated carbocycles. The first-order valence-corrected chi connectivity index (χ1v) is 9.85. The second-order valence-corrected chi connectivity index (χ2v) is 7.20. The number of aldehydes is 1. The summed E-state index contributed by atoms with van der Waals surface area (Å²) in [5.74, 6) is 1.15. The number of aryl methyl sites for hydroxylation is 1. The Kier molecular flexibility index (Phi) is 5.84. The van der Waals surface area contributed by atoms with E-state index in [1.807, 2.05) is 37.3 Å². The maximum absolute atomic E-state index is 13.0. The van der Waals surface area contributed by atoms with Gasteiger partial charge in [-0.05, 0) is 42.8 Å². The van der Waals surface area contributed by atoms with Gasteiger partial charge in [-0.1, -0.05) is 29.8 Å². The Morgan fingerprint density at radius 3 is 2.71 bits per heavy atom. The summed E-state index contributed by atoms with van der Waals surface area (Å²) in [5, 5.41) is 5.98. The number of benzene rings is 2. The number of rotatable bonds is 7. The highest BCUT2D eigenvalue weighted by Gasteiger charge is 2.35. The van der Waals surface area contributed by atoms with Gasteiger partial charge < -0.3 is 13.9 Å². The molecule has 0 N–H and O–H groups in total. The fraction of sp³-hybridized carbons (Fsp3) is 0.208. The lowest BCUT2D eigenvalue weighted by atomic mass is 10.0.